The van der Waals surface area contributed by atoms with Crippen molar-refractivity contribution in [1.82, 2.24) is 9.78 Å². The number of amidine groups is 2. The minimum Gasteiger partial charge on any atom is -0.372 e. The molecule has 2 aliphatic rings. The van der Waals surface area contributed by atoms with Crippen LogP contribution in [-0.4, -0.2) is 34.5 Å². The van der Waals surface area contributed by atoms with E-state index in [-0.39, 0.29) is 5.82 Å². The maximum Gasteiger partial charge on any atom is 0.179 e. The van der Waals surface area contributed by atoms with Gasteiger partial charge in [0.05, 0.1) is 28.8 Å². The summed E-state index contributed by atoms with van der Waals surface area (Å²) in [4.78, 5) is 14.7. The molecule has 8 heteroatoms. The lowest BCUT2D eigenvalue weighted by atomic mass is 9.93. The molecule has 0 spiro atoms. The predicted octanol–water partition coefficient (Wildman–Crippen LogP) is 7.96. The molecule has 1 atom stereocenters. The SMILES string of the molecule is CCN(CC)c1ccc(NC2=Nc3ccccc3N3C2=Nc2c(c(C)nn2-c2ccccc2)[C@@H]3c2ccccc2F)cc1. The van der Waals surface area contributed by atoms with Gasteiger partial charge in [-0.15, -0.1) is 0 Å². The summed E-state index contributed by atoms with van der Waals surface area (Å²) in [6.45, 7) is 8.15. The van der Waals surface area contributed by atoms with E-state index in [0.717, 1.165) is 52.8 Å². The normalized spacial score (nSPS) is 15.2. The number of fused-ring (bicyclic) bond motifs is 4. The topological polar surface area (TPSA) is 61.0 Å². The van der Waals surface area contributed by atoms with Crippen LogP contribution in [0.4, 0.5) is 33.0 Å². The first-order chi connectivity index (χ1) is 21.1. The van der Waals surface area contributed by atoms with Crippen molar-refractivity contribution in [2.75, 3.05) is 28.2 Å². The summed E-state index contributed by atoms with van der Waals surface area (Å²) in [7, 11) is 0. The average Bonchev–Trinajstić information content (AvgIpc) is 3.38. The second-order valence-electron chi connectivity index (χ2n) is 10.6. The molecule has 0 radical (unpaired) electrons. The first kappa shape index (κ1) is 26.6. The zero-order chi connectivity index (χ0) is 29.5. The Kier molecular flexibility index (Phi) is 6.74. The van der Waals surface area contributed by atoms with Crippen LogP contribution in [0.25, 0.3) is 5.69 Å². The summed E-state index contributed by atoms with van der Waals surface area (Å²) < 4.78 is 17.6. The maximum atomic E-state index is 15.7. The third kappa shape index (κ3) is 4.55. The fourth-order valence-electron chi connectivity index (χ4n) is 6.02. The van der Waals surface area contributed by atoms with Crippen molar-refractivity contribution >= 4 is 40.2 Å². The fourth-order valence-corrected chi connectivity index (χ4v) is 6.02. The lowest BCUT2D eigenvalue weighted by Crippen LogP contribution is -2.46. The zero-order valence-electron chi connectivity index (χ0n) is 24.4. The number of aromatic nitrogens is 2. The van der Waals surface area contributed by atoms with Crippen LogP contribution in [0.1, 0.15) is 36.7 Å². The Morgan fingerprint density at radius 2 is 1.51 bits per heavy atom. The van der Waals surface area contributed by atoms with Gasteiger partial charge in [0.2, 0.25) is 0 Å². The van der Waals surface area contributed by atoms with Crippen LogP contribution in [-0.2, 0) is 0 Å². The number of benzene rings is 4. The Bertz CT molecular complexity index is 1850. The molecular weight excluding hydrogens is 537 g/mol. The Morgan fingerprint density at radius 1 is 0.814 bits per heavy atom. The number of hydrogen-bond acceptors (Lipinski definition) is 6. The van der Waals surface area contributed by atoms with Crippen molar-refractivity contribution < 1.29 is 4.39 Å². The number of aryl methyl sites for hydroxylation is 1. The third-order valence-electron chi connectivity index (χ3n) is 8.10. The second-order valence-corrected chi connectivity index (χ2v) is 10.6. The molecular formula is C35H32FN7. The number of nitrogens with one attached hydrogen (secondary N) is 1. The van der Waals surface area contributed by atoms with Gasteiger partial charge in [0.15, 0.2) is 17.5 Å². The monoisotopic (exact) mass is 569 g/mol. The summed E-state index contributed by atoms with van der Waals surface area (Å²) in [6.07, 6.45) is 0. The third-order valence-corrected chi connectivity index (χ3v) is 8.10. The van der Waals surface area contributed by atoms with Gasteiger partial charge in [-0.05, 0) is 75.4 Å². The van der Waals surface area contributed by atoms with Gasteiger partial charge in [0, 0.05) is 35.6 Å². The van der Waals surface area contributed by atoms with Crippen molar-refractivity contribution in [3.05, 3.63) is 126 Å². The molecule has 2 aliphatic heterocycles. The Hall–Kier alpha value is -5.24. The van der Waals surface area contributed by atoms with E-state index in [1.807, 2.05) is 78.3 Å². The first-order valence-corrected chi connectivity index (χ1v) is 14.6. The number of nitrogens with zero attached hydrogens (tertiary/aromatic N) is 6. The summed E-state index contributed by atoms with van der Waals surface area (Å²) in [5, 5.41) is 8.47. The van der Waals surface area contributed by atoms with Crippen LogP contribution in [0.15, 0.2) is 113 Å². The molecule has 0 amide bonds. The second kappa shape index (κ2) is 10.9. The fraction of sp³-hybridized carbons (Fsp3) is 0.171. The highest BCUT2D eigenvalue weighted by molar-refractivity contribution is 6.51. The molecule has 0 fully saturated rings. The summed E-state index contributed by atoms with van der Waals surface area (Å²) in [6, 6.07) is 32.6. The lowest BCUT2D eigenvalue weighted by Gasteiger charge is -2.40. The van der Waals surface area contributed by atoms with Gasteiger partial charge in [0.1, 0.15) is 5.82 Å². The van der Waals surface area contributed by atoms with E-state index in [2.05, 4.69) is 53.2 Å². The molecule has 7 rings (SSSR count). The highest BCUT2D eigenvalue weighted by Crippen LogP contribution is 2.48. The summed E-state index contributed by atoms with van der Waals surface area (Å²) in [5.41, 5.74) is 6.76. The van der Waals surface area contributed by atoms with Crippen LogP contribution in [0.3, 0.4) is 0 Å². The van der Waals surface area contributed by atoms with Crippen molar-refractivity contribution in [1.29, 1.82) is 0 Å². The molecule has 5 aromatic rings. The molecule has 1 aromatic heterocycles. The predicted molar refractivity (Wildman–Crippen MR) is 173 cm³/mol. The van der Waals surface area contributed by atoms with Crippen LogP contribution >= 0.6 is 0 Å². The first-order valence-electron chi connectivity index (χ1n) is 14.6. The molecule has 0 unspecified atom stereocenters. The number of anilines is 3. The highest BCUT2D eigenvalue weighted by Gasteiger charge is 2.42. The largest absolute Gasteiger partial charge is 0.372 e. The van der Waals surface area contributed by atoms with Gasteiger partial charge in [-0.3, -0.25) is 0 Å². The van der Waals surface area contributed by atoms with Gasteiger partial charge >= 0.3 is 0 Å². The summed E-state index contributed by atoms with van der Waals surface area (Å²) in [5.74, 6) is 1.56. The number of rotatable bonds is 6. The number of hydrogen-bond donors (Lipinski definition) is 1. The minimum atomic E-state index is -0.514. The van der Waals surface area contributed by atoms with Crippen molar-refractivity contribution in [3.63, 3.8) is 0 Å². The molecule has 0 saturated heterocycles. The van der Waals surface area contributed by atoms with Gasteiger partial charge in [-0.25, -0.2) is 19.1 Å². The van der Waals surface area contributed by atoms with Crippen molar-refractivity contribution in [3.8, 4) is 5.69 Å². The van der Waals surface area contributed by atoms with Gasteiger partial charge in [-0.1, -0.05) is 48.5 Å². The summed E-state index contributed by atoms with van der Waals surface area (Å²) >= 11 is 0. The molecule has 3 heterocycles. The van der Waals surface area contributed by atoms with Crippen LogP contribution in [0.2, 0.25) is 0 Å². The van der Waals surface area contributed by atoms with E-state index in [0.29, 0.717) is 23.1 Å². The van der Waals surface area contributed by atoms with Crippen LogP contribution < -0.4 is 15.1 Å². The molecule has 1 N–H and O–H groups in total. The molecule has 7 nitrogen and oxygen atoms in total. The maximum absolute atomic E-state index is 15.7. The Labute approximate surface area is 250 Å². The van der Waals surface area contributed by atoms with Crippen molar-refractivity contribution in [2.45, 2.75) is 26.8 Å². The number of para-hydroxylation sites is 3. The van der Waals surface area contributed by atoms with Crippen LogP contribution in [0, 0.1) is 12.7 Å². The van der Waals surface area contributed by atoms with E-state index >= 15 is 4.39 Å². The van der Waals surface area contributed by atoms with Gasteiger partial charge < -0.3 is 15.1 Å². The van der Waals surface area contributed by atoms with E-state index in [9.17, 15) is 0 Å². The zero-order valence-corrected chi connectivity index (χ0v) is 24.4. The standard InChI is InChI=1S/C35H32FN7/c1-4-41(5-2)25-21-19-24(20-22-25)37-33-35-39-34-31(23(3)40-43(34)26-13-7-6-8-14-26)32(27-15-9-10-16-28(27)36)42(35)30-18-12-11-17-29(30)38-33/h6-22,32H,4-5H2,1-3H3,(H,37,38)/t32-/m0/s1. The molecule has 0 bridgehead atoms. The smallest absolute Gasteiger partial charge is 0.179 e. The minimum absolute atomic E-state index is 0.284. The number of aliphatic imine (C=N–C) groups is 2. The highest BCUT2D eigenvalue weighted by atomic mass is 19.1. The van der Waals surface area contributed by atoms with E-state index in [4.69, 9.17) is 15.1 Å². The Morgan fingerprint density at radius 3 is 2.26 bits per heavy atom. The lowest BCUT2D eigenvalue weighted by molar-refractivity contribution is 0.597. The van der Waals surface area contributed by atoms with E-state index < -0.39 is 6.04 Å². The quantitative estimate of drug-likeness (QED) is 0.225. The molecule has 4 aromatic carbocycles. The number of halogens is 1. The van der Waals surface area contributed by atoms with E-state index in [1.54, 1.807) is 6.07 Å². The Balaban J connectivity index is 1.43. The molecule has 214 valence electrons. The van der Waals surface area contributed by atoms with Crippen LogP contribution in [0.5, 0.6) is 0 Å². The average molecular weight is 570 g/mol. The molecule has 43 heavy (non-hydrogen) atoms. The van der Waals surface area contributed by atoms with Gasteiger partial charge in [0.25, 0.3) is 0 Å². The van der Waals surface area contributed by atoms with Gasteiger partial charge in [-0.2, -0.15) is 5.10 Å². The molecule has 0 saturated carbocycles. The molecule has 0 aliphatic carbocycles. The van der Waals surface area contributed by atoms with E-state index in [1.165, 1.54) is 6.07 Å². The van der Waals surface area contributed by atoms with Crippen molar-refractivity contribution in [2.24, 2.45) is 9.98 Å².